The number of nitrogens with one attached hydrogen (secondary N) is 1. The van der Waals surface area contributed by atoms with Gasteiger partial charge in [0.1, 0.15) is 11.9 Å². The maximum atomic E-state index is 13.2. The average molecular weight is 342 g/mol. The number of rotatable bonds is 3. The van der Waals surface area contributed by atoms with Gasteiger partial charge >= 0.3 is 0 Å². The fraction of sp³-hybridized carbons (Fsp3) is 0.562. The molecule has 2 saturated heterocycles. The van der Waals surface area contributed by atoms with Gasteiger partial charge in [-0.05, 0) is 31.7 Å². The number of amides is 1. The Morgan fingerprint density at radius 1 is 1.39 bits per heavy atom. The Balaban J connectivity index is 1.55. The van der Waals surface area contributed by atoms with Crippen molar-refractivity contribution in [1.29, 1.82) is 0 Å². The van der Waals surface area contributed by atoms with E-state index in [2.05, 4.69) is 15.1 Å². The van der Waals surface area contributed by atoms with E-state index in [4.69, 9.17) is 16.3 Å². The van der Waals surface area contributed by atoms with Crippen molar-refractivity contribution in [3.05, 3.63) is 29.0 Å². The Bertz CT molecular complexity index is 586. The molecule has 2 aliphatic rings. The van der Waals surface area contributed by atoms with Gasteiger partial charge in [-0.1, -0.05) is 11.6 Å². The molecule has 2 atom stereocenters. The van der Waals surface area contributed by atoms with Crippen molar-refractivity contribution in [2.45, 2.75) is 18.6 Å². The second-order valence-electron chi connectivity index (χ2n) is 6.16. The third kappa shape index (κ3) is 3.94. The zero-order valence-electron chi connectivity index (χ0n) is 13.1. The van der Waals surface area contributed by atoms with E-state index >= 15 is 0 Å². The number of carbonyl (C=O) groups excluding carboxylic acids is 1. The van der Waals surface area contributed by atoms with Gasteiger partial charge in [0.05, 0.1) is 11.6 Å². The Kier molecular flexibility index (Phi) is 5.04. The number of carbonyl (C=O) groups is 1. The van der Waals surface area contributed by atoms with Crippen LogP contribution in [0.2, 0.25) is 5.02 Å². The number of likely N-dealkylation sites (N-methyl/N-ethyl adjacent to an activating group) is 1. The third-order valence-corrected chi connectivity index (χ3v) is 4.65. The van der Waals surface area contributed by atoms with Crippen molar-refractivity contribution in [3.8, 4) is 0 Å². The topological polar surface area (TPSA) is 44.8 Å². The Labute approximate surface area is 140 Å². The van der Waals surface area contributed by atoms with Gasteiger partial charge in [-0.15, -0.1) is 0 Å². The molecular weight excluding hydrogens is 321 g/mol. The first kappa shape index (κ1) is 16.5. The quantitative estimate of drug-likeness (QED) is 0.905. The molecule has 5 nitrogen and oxygen atoms in total. The van der Waals surface area contributed by atoms with E-state index in [0.717, 1.165) is 25.2 Å². The summed E-state index contributed by atoms with van der Waals surface area (Å²) in [7, 11) is 1.98. The lowest BCUT2D eigenvalue weighted by molar-refractivity contribution is -0.138. The van der Waals surface area contributed by atoms with Crippen LogP contribution in [0.1, 0.15) is 6.42 Å². The van der Waals surface area contributed by atoms with Gasteiger partial charge in [-0.25, -0.2) is 4.39 Å². The van der Waals surface area contributed by atoms with Crippen molar-refractivity contribution in [2.75, 3.05) is 44.7 Å². The minimum Gasteiger partial charge on any atom is -0.369 e. The van der Waals surface area contributed by atoms with Crippen LogP contribution in [0.4, 0.5) is 10.1 Å². The van der Waals surface area contributed by atoms with Crippen LogP contribution < -0.4 is 10.2 Å². The molecule has 1 N–H and O–H groups in total. The van der Waals surface area contributed by atoms with E-state index in [0.29, 0.717) is 19.7 Å². The highest BCUT2D eigenvalue weighted by Gasteiger charge is 2.29. The summed E-state index contributed by atoms with van der Waals surface area (Å²) in [5, 5.41) is 3.17. The predicted molar refractivity (Wildman–Crippen MR) is 87.4 cm³/mol. The first-order chi connectivity index (χ1) is 11.0. The second kappa shape index (κ2) is 7.03. The summed E-state index contributed by atoms with van der Waals surface area (Å²) in [6, 6.07) is 4.78. The molecule has 1 amide bonds. The van der Waals surface area contributed by atoms with Crippen LogP contribution in [0, 0.1) is 5.82 Å². The SMILES string of the molecule is CN1CCOC(C(=O)NC2CCN(c3ccc(F)c(Cl)c3)C2)C1. The molecule has 1 aromatic rings. The molecule has 1 aromatic carbocycles. The normalized spacial score (nSPS) is 25.6. The van der Waals surface area contributed by atoms with Gasteiger partial charge in [0, 0.05) is 37.9 Å². The summed E-state index contributed by atoms with van der Waals surface area (Å²) in [6.45, 7) is 3.55. The summed E-state index contributed by atoms with van der Waals surface area (Å²) in [6.07, 6.45) is 0.451. The van der Waals surface area contributed by atoms with Crippen molar-refractivity contribution < 1.29 is 13.9 Å². The van der Waals surface area contributed by atoms with Gasteiger partial charge in [0.2, 0.25) is 0 Å². The molecule has 7 heteroatoms. The number of benzene rings is 1. The Morgan fingerprint density at radius 3 is 2.96 bits per heavy atom. The summed E-state index contributed by atoms with van der Waals surface area (Å²) in [4.78, 5) is 16.5. The maximum absolute atomic E-state index is 13.2. The lowest BCUT2D eigenvalue weighted by Crippen LogP contribution is -2.51. The second-order valence-corrected chi connectivity index (χ2v) is 6.57. The Morgan fingerprint density at radius 2 is 2.22 bits per heavy atom. The minimum absolute atomic E-state index is 0.0551. The molecule has 2 heterocycles. The fourth-order valence-corrected chi connectivity index (χ4v) is 3.20. The van der Waals surface area contributed by atoms with Crippen LogP contribution >= 0.6 is 11.6 Å². The summed E-state index contributed by atoms with van der Waals surface area (Å²) in [5.74, 6) is -0.474. The van der Waals surface area contributed by atoms with Gasteiger partial charge in [-0.3, -0.25) is 4.79 Å². The van der Waals surface area contributed by atoms with Crippen molar-refractivity contribution in [1.82, 2.24) is 10.2 Å². The van der Waals surface area contributed by atoms with Gasteiger partial charge in [-0.2, -0.15) is 0 Å². The van der Waals surface area contributed by atoms with Crippen LogP contribution in [0.3, 0.4) is 0 Å². The van der Waals surface area contributed by atoms with Crippen LogP contribution in [-0.2, 0) is 9.53 Å². The number of morpholine rings is 1. The maximum Gasteiger partial charge on any atom is 0.250 e. The number of hydrogen-bond acceptors (Lipinski definition) is 4. The van der Waals surface area contributed by atoms with Gasteiger partial charge in [0.15, 0.2) is 0 Å². The van der Waals surface area contributed by atoms with Crippen LogP contribution in [0.25, 0.3) is 0 Å². The molecule has 0 bridgehead atoms. The summed E-state index contributed by atoms with van der Waals surface area (Å²) < 4.78 is 18.8. The minimum atomic E-state index is -0.418. The first-order valence-electron chi connectivity index (χ1n) is 7.83. The molecule has 2 fully saturated rings. The molecule has 2 unspecified atom stereocenters. The third-order valence-electron chi connectivity index (χ3n) is 4.36. The molecule has 0 spiro atoms. The average Bonchev–Trinajstić information content (AvgIpc) is 2.98. The number of ether oxygens (including phenoxy) is 1. The van der Waals surface area contributed by atoms with Gasteiger partial charge in [0.25, 0.3) is 5.91 Å². The molecule has 23 heavy (non-hydrogen) atoms. The molecule has 0 saturated carbocycles. The molecule has 0 radical (unpaired) electrons. The highest BCUT2D eigenvalue weighted by molar-refractivity contribution is 6.31. The van der Waals surface area contributed by atoms with E-state index < -0.39 is 11.9 Å². The van der Waals surface area contributed by atoms with E-state index in [9.17, 15) is 9.18 Å². The van der Waals surface area contributed by atoms with Gasteiger partial charge < -0.3 is 19.9 Å². The Hall–Kier alpha value is -1.37. The summed E-state index contributed by atoms with van der Waals surface area (Å²) >= 11 is 5.84. The highest BCUT2D eigenvalue weighted by atomic mass is 35.5. The molecule has 0 aliphatic carbocycles. The van der Waals surface area contributed by atoms with E-state index in [1.165, 1.54) is 6.07 Å². The molecule has 0 aromatic heterocycles. The lowest BCUT2D eigenvalue weighted by atomic mass is 10.2. The number of halogens is 2. The van der Waals surface area contributed by atoms with Crippen molar-refractivity contribution in [2.24, 2.45) is 0 Å². The van der Waals surface area contributed by atoms with E-state index in [-0.39, 0.29) is 17.0 Å². The zero-order chi connectivity index (χ0) is 16.4. The van der Waals surface area contributed by atoms with Crippen molar-refractivity contribution >= 4 is 23.2 Å². The number of nitrogens with zero attached hydrogens (tertiary/aromatic N) is 2. The molecule has 126 valence electrons. The molecule has 2 aliphatic heterocycles. The predicted octanol–water partition coefficient (Wildman–Crippen LogP) is 1.50. The summed E-state index contributed by atoms with van der Waals surface area (Å²) in [5.41, 5.74) is 0.877. The molecule has 3 rings (SSSR count). The van der Waals surface area contributed by atoms with Crippen LogP contribution in [0.15, 0.2) is 18.2 Å². The lowest BCUT2D eigenvalue weighted by Gasteiger charge is -2.30. The van der Waals surface area contributed by atoms with Crippen LogP contribution in [0.5, 0.6) is 0 Å². The van der Waals surface area contributed by atoms with E-state index in [1.807, 2.05) is 7.05 Å². The van der Waals surface area contributed by atoms with Crippen LogP contribution in [-0.4, -0.2) is 62.8 Å². The largest absolute Gasteiger partial charge is 0.369 e. The standard InChI is InChI=1S/C16H21ClFN3O2/c1-20-6-7-23-15(10-20)16(22)19-11-4-5-21(9-11)12-2-3-14(18)13(17)8-12/h2-3,8,11,15H,4-7,9-10H2,1H3,(H,19,22). The zero-order valence-corrected chi connectivity index (χ0v) is 13.9. The number of hydrogen-bond donors (Lipinski definition) is 1. The number of anilines is 1. The highest BCUT2D eigenvalue weighted by Crippen LogP contribution is 2.25. The monoisotopic (exact) mass is 341 g/mol. The first-order valence-corrected chi connectivity index (χ1v) is 8.21. The fourth-order valence-electron chi connectivity index (χ4n) is 3.02. The molecular formula is C16H21ClFN3O2. The smallest absolute Gasteiger partial charge is 0.250 e. The van der Waals surface area contributed by atoms with Crippen molar-refractivity contribution in [3.63, 3.8) is 0 Å². The van der Waals surface area contributed by atoms with E-state index in [1.54, 1.807) is 12.1 Å².